The van der Waals surface area contributed by atoms with Gasteiger partial charge in [-0.05, 0) is 59.2 Å². The molecule has 49 heavy (non-hydrogen) atoms. The minimum absolute atomic E-state index is 0.199. The van der Waals surface area contributed by atoms with E-state index in [1.165, 1.54) is 0 Å². The summed E-state index contributed by atoms with van der Waals surface area (Å²) in [6, 6.07) is 0. The summed E-state index contributed by atoms with van der Waals surface area (Å²) in [4.78, 5) is 11.2. The normalized spacial score (nSPS) is 18.8. The van der Waals surface area contributed by atoms with Crippen LogP contribution >= 0.6 is 0 Å². The Bertz CT molecular complexity index is 874. The quantitative estimate of drug-likeness (QED) is 0.0463. The Morgan fingerprint density at radius 1 is 0.490 bits per heavy atom. The lowest BCUT2D eigenvalue weighted by atomic mass is 10.3. The van der Waals surface area contributed by atoms with Crippen LogP contribution in [0.3, 0.4) is 0 Å². The van der Waals surface area contributed by atoms with Crippen LogP contribution in [0.4, 0.5) is 0 Å². The molecule has 0 N–H and O–H groups in total. The van der Waals surface area contributed by atoms with Crippen molar-refractivity contribution < 1.29 is 63.9 Å². The highest BCUT2D eigenvalue weighted by Crippen LogP contribution is 2.37. The molecule has 1 heterocycles. The Morgan fingerprint density at radius 3 is 1.06 bits per heavy atom. The maximum Gasteiger partial charge on any atom is 0.333 e. The molecule has 14 nitrogen and oxygen atoms in total. The van der Waals surface area contributed by atoms with Gasteiger partial charge >= 0.3 is 40.2 Å². The zero-order chi connectivity index (χ0) is 36.7. The van der Waals surface area contributed by atoms with Gasteiger partial charge in [-0.25, -0.2) is 4.79 Å². The standard InChI is InChI=1S/C31H66O14Si4/c1-29(2)31(32)41-28-27-40-26-25-39-24-23-38-22-21-37-20-19-36-18-17-35-16-15-34-14-13-33-12-11-30(3)49(10)44-47(6,7)42-46(4,5)43-48(8,9)45-49/h30H,1,11-28H2,2-10H3. The molecule has 1 aliphatic heterocycles. The van der Waals surface area contributed by atoms with Crippen molar-refractivity contribution >= 4 is 40.2 Å². The van der Waals surface area contributed by atoms with Gasteiger partial charge in [0, 0.05) is 17.7 Å². The smallest absolute Gasteiger partial charge is 0.333 e. The van der Waals surface area contributed by atoms with Crippen LogP contribution < -0.4 is 0 Å². The van der Waals surface area contributed by atoms with E-state index in [0.717, 1.165) is 6.42 Å². The third-order valence-corrected chi connectivity index (χ3v) is 24.0. The second-order valence-electron chi connectivity index (χ2n) is 13.1. The van der Waals surface area contributed by atoms with Crippen molar-refractivity contribution in [1.29, 1.82) is 0 Å². The molecular weight excluding hydrogens is 709 g/mol. The van der Waals surface area contributed by atoms with Crippen molar-refractivity contribution in [3.8, 4) is 0 Å². The number of carbonyl (C=O) groups excluding carboxylic acids is 1. The maximum atomic E-state index is 11.2. The van der Waals surface area contributed by atoms with Crippen LogP contribution in [0.1, 0.15) is 20.3 Å². The summed E-state index contributed by atoms with van der Waals surface area (Å²) in [6.45, 7) is 29.9. The van der Waals surface area contributed by atoms with Crippen LogP contribution in [0.2, 0.25) is 51.4 Å². The highest BCUT2D eigenvalue weighted by atomic mass is 28.5. The summed E-state index contributed by atoms with van der Waals surface area (Å²) in [5, 5.41) is 0. The molecule has 1 atom stereocenters. The lowest BCUT2D eigenvalue weighted by Gasteiger charge is -2.49. The van der Waals surface area contributed by atoms with E-state index in [1.807, 2.05) is 0 Å². The summed E-state index contributed by atoms with van der Waals surface area (Å²) in [6.07, 6.45) is 0.842. The fraction of sp³-hybridized carbons (Fsp3) is 0.903. The molecule has 1 aliphatic rings. The van der Waals surface area contributed by atoms with Crippen LogP contribution in [-0.2, 0) is 63.9 Å². The lowest BCUT2D eigenvalue weighted by molar-refractivity contribution is -0.140. The first kappa shape index (κ1) is 46.6. The van der Waals surface area contributed by atoms with Gasteiger partial charge in [0.1, 0.15) is 6.61 Å². The van der Waals surface area contributed by atoms with Crippen molar-refractivity contribution in [3.63, 3.8) is 0 Å². The third-order valence-electron chi connectivity index (χ3n) is 6.88. The largest absolute Gasteiger partial charge is 0.460 e. The van der Waals surface area contributed by atoms with Crippen LogP contribution in [0.5, 0.6) is 0 Å². The van der Waals surface area contributed by atoms with Gasteiger partial charge in [0.25, 0.3) is 0 Å². The van der Waals surface area contributed by atoms with Crippen LogP contribution in [-0.4, -0.2) is 153 Å². The van der Waals surface area contributed by atoms with E-state index >= 15 is 0 Å². The molecular formula is C31H66O14Si4. The Hall–Kier alpha value is -0.402. The number of ether oxygens (including phenoxy) is 9. The third kappa shape index (κ3) is 24.5. The first-order valence-electron chi connectivity index (χ1n) is 17.3. The Kier molecular flexibility index (Phi) is 24.3. The number of rotatable bonds is 29. The molecule has 1 rings (SSSR count). The summed E-state index contributed by atoms with van der Waals surface area (Å²) >= 11 is 0. The summed E-state index contributed by atoms with van der Waals surface area (Å²) in [7, 11) is -9.61. The first-order valence-corrected chi connectivity index (χ1v) is 28.2. The van der Waals surface area contributed by atoms with Gasteiger partial charge in [0.2, 0.25) is 0 Å². The Morgan fingerprint density at radius 2 is 0.755 bits per heavy atom. The zero-order valence-electron chi connectivity index (χ0n) is 31.7. The molecule has 290 valence electrons. The number of hydrogen-bond acceptors (Lipinski definition) is 14. The van der Waals surface area contributed by atoms with Crippen LogP contribution in [0.15, 0.2) is 12.2 Å². The van der Waals surface area contributed by atoms with E-state index in [2.05, 4.69) is 59.3 Å². The molecule has 0 aromatic rings. The first-order chi connectivity index (χ1) is 23.1. The lowest BCUT2D eigenvalue weighted by Crippen LogP contribution is -2.66. The monoisotopic (exact) mass is 774 g/mol. The van der Waals surface area contributed by atoms with Gasteiger partial charge < -0.3 is 59.1 Å². The SMILES string of the molecule is C=C(C)C(=O)OCCOCCOCCOCCOCCOCCOCCOCCOCCC(C)[Si]1(C)O[Si](C)(C)O[Si](C)(C)O[Si](C)(C)O1. The Labute approximate surface area is 299 Å². The predicted octanol–water partition coefficient (Wildman–Crippen LogP) is 4.28. The van der Waals surface area contributed by atoms with Gasteiger partial charge in [0.05, 0.1) is 99.1 Å². The number of carbonyl (C=O) groups is 1. The molecule has 0 aliphatic carbocycles. The van der Waals surface area contributed by atoms with Gasteiger partial charge in [-0.2, -0.15) is 0 Å². The molecule has 0 bridgehead atoms. The summed E-state index contributed by atoms with van der Waals surface area (Å²) < 4.78 is 75.4. The van der Waals surface area contributed by atoms with Gasteiger partial charge in [0.15, 0.2) is 0 Å². The van der Waals surface area contributed by atoms with Gasteiger partial charge in [-0.3, -0.25) is 0 Å². The van der Waals surface area contributed by atoms with Gasteiger partial charge in [-0.1, -0.05) is 13.5 Å². The van der Waals surface area contributed by atoms with Gasteiger partial charge in [-0.15, -0.1) is 0 Å². The summed E-state index contributed by atoms with van der Waals surface area (Å²) in [5.74, 6) is -0.412. The van der Waals surface area contributed by atoms with E-state index in [0.29, 0.717) is 111 Å². The molecule has 0 amide bonds. The van der Waals surface area contributed by atoms with Crippen molar-refractivity contribution in [2.24, 2.45) is 0 Å². The van der Waals surface area contributed by atoms with E-state index in [4.69, 9.17) is 59.1 Å². The molecule has 0 aromatic heterocycles. The molecule has 18 heteroatoms. The van der Waals surface area contributed by atoms with E-state index < -0.39 is 40.2 Å². The summed E-state index contributed by atoms with van der Waals surface area (Å²) in [5.41, 5.74) is 0.599. The van der Waals surface area contributed by atoms with E-state index in [9.17, 15) is 4.79 Å². The highest BCUT2D eigenvalue weighted by molar-refractivity contribution is 6.93. The molecule has 0 saturated carbocycles. The topological polar surface area (TPSA) is 137 Å². The average Bonchev–Trinajstić information content (AvgIpc) is 2.97. The highest BCUT2D eigenvalue weighted by Gasteiger charge is 2.54. The number of esters is 1. The molecule has 1 fully saturated rings. The molecule has 1 unspecified atom stereocenters. The average molecular weight is 775 g/mol. The minimum atomic E-state index is -2.55. The molecule has 0 radical (unpaired) electrons. The second kappa shape index (κ2) is 25.6. The van der Waals surface area contributed by atoms with Crippen LogP contribution in [0, 0.1) is 0 Å². The minimum Gasteiger partial charge on any atom is -0.460 e. The second-order valence-corrected chi connectivity index (χ2v) is 27.8. The zero-order valence-corrected chi connectivity index (χ0v) is 35.7. The molecule has 0 spiro atoms. The van der Waals surface area contributed by atoms with Crippen molar-refractivity contribution in [2.75, 3.05) is 112 Å². The maximum absolute atomic E-state index is 11.2. The fourth-order valence-corrected chi connectivity index (χ4v) is 26.6. The predicted molar refractivity (Wildman–Crippen MR) is 195 cm³/mol. The van der Waals surface area contributed by atoms with Crippen molar-refractivity contribution in [2.45, 2.75) is 71.6 Å². The molecule has 0 aromatic carbocycles. The van der Waals surface area contributed by atoms with Crippen LogP contribution in [0.25, 0.3) is 0 Å². The van der Waals surface area contributed by atoms with E-state index in [-0.39, 0.29) is 12.1 Å². The van der Waals surface area contributed by atoms with Crippen molar-refractivity contribution in [1.82, 2.24) is 0 Å². The van der Waals surface area contributed by atoms with Crippen molar-refractivity contribution in [3.05, 3.63) is 12.2 Å². The number of hydrogen-bond donors (Lipinski definition) is 0. The fourth-order valence-electron chi connectivity index (χ4n) is 4.92. The van der Waals surface area contributed by atoms with E-state index in [1.54, 1.807) is 6.92 Å². The molecule has 1 saturated heterocycles. The Balaban J connectivity index is 1.88.